The first kappa shape index (κ1) is 13.7. The van der Waals surface area contributed by atoms with Gasteiger partial charge < -0.3 is 20.5 Å². The molecule has 1 aromatic carbocycles. The SMILES string of the molecule is COC(=O)c1ccc(N2CCC(C(C)O)C2)c(N)c1. The lowest BCUT2D eigenvalue weighted by Gasteiger charge is -2.21. The maximum absolute atomic E-state index is 11.4. The average Bonchev–Trinajstić information content (AvgIpc) is 2.87. The number of nitrogen functional groups attached to an aromatic ring is 1. The van der Waals surface area contributed by atoms with E-state index in [0.717, 1.165) is 25.2 Å². The number of carbonyl (C=O) groups is 1. The highest BCUT2D eigenvalue weighted by molar-refractivity contribution is 5.92. The van der Waals surface area contributed by atoms with Gasteiger partial charge >= 0.3 is 5.97 Å². The van der Waals surface area contributed by atoms with E-state index in [2.05, 4.69) is 9.64 Å². The maximum atomic E-state index is 11.4. The molecule has 0 saturated carbocycles. The van der Waals surface area contributed by atoms with Crippen LogP contribution in [0.25, 0.3) is 0 Å². The Labute approximate surface area is 113 Å². The zero-order valence-corrected chi connectivity index (χ0v) is 11.3. The third-order valence-corrected chi connectivity index (χ3v) is 3.70. The van der Waals surface area contributed by atoms with E-state index in [9.17, 15) is 9.90 Å². The molecule has 0 aromatic heterocycles. The number of nitrogens with two attached hydrogens (primary N) is 1. The van der Waals surface area contributed by atoms with Crippen LogP contribution in [0.15, 0.2) is 18.2 Å². The van der Waals surface area contributed by atoms with Crippen molar-refractivity contribution in [1.29, 1.82) is 0 Å². The first-order chi connectivity index (χ1) is 9.02. The summed E-state index contributed by atoms with van der Waals surface area (Å²) in [5.74, 6) is -0.110. The molecule has 2 rings (SSSR count). The number of anilines is 2. The zero-order chi connectivity index (χ0) is 14.0. The van der Waals surface area contributed by atoms with E-state index >= 15 is 0 Å². The van der Waals surface area contributed by atoms with E-state index in [0.29, 0.717) is 11.3 Å². The Hall–Kier alpha value is -1.75. The summed E-state index contributed by atoms with van der Waals surface area (Å²) in [7, 11) is 1.35. The number of nitrogens with zero attached hydrogens (tertiary/aromatic N) is 1. The third kappa shape index (κ3) is 2.81. The van der Waals surface area contributed by atoms with Gasteiger partial charge in [0, 0.05) is 19.0 Å². The number of carbonyl (C=O) groups excluding carboxylic acids is 1. The molecular weight excluding hydrogens is 244 g/mol. The van der Waals surface area contributed by atoms with Crippen molar-refractivity contribution in [2.75, 3.05) is 30.8 Å². The van der Waals surface area contributed by atoms with Gasteiger partial charge in [0.15, 0.2) is 0 Å². The molecule has 2 atom stereocenters. The maximum Gasteiger partial charge on any atom is 0.337 e. The second-order valence-electron chi connectivity index (χ2n) is 5.00. The van der Waals surface area contributed by atoms with Gasteiger partial charge in [-0.3, -0.25) is 0 Å². The molecule has 0 spiro atoms. The monoisotopic (exact) mass is 264 g/mol. The molecular formula is C14H20N2O3. The molecule has 19 heavy (non-hydrogen) atoms. The minimum absolute atomic E-state index is 0.277. The number of hydrogen-bond acceptors (Lipinski definition) is 5. The summed E-state index contributed by atoms with van der Waals surface area (Å²) in [6.07, 6.45) is 0.649. The Kier molecular flexibility index (Phi) is 3.95. The molecule has 5 heteroatoms. The van der Waals surface area contributed by atoms with Crippen LogP contribution in [-0.4, -0.2) is 37.4 Å². The van der Waals surface area contributed by atoms with Gasteiger partial charge in [-0.2, -0.15) is 0 Å². The standard InChI is InChI=1S/C14H20N2O3/c1-9(17)11-5-6-16(8-11)13-4-3-10(7-12(13)15)14(18)19-2/h3-4,7,9,11,17H,5-6,8,15H2,1-2H3. The van der Waals surface area contributed by atoms with E-state index in [1.54, 1.807) is 12.1 Å². The number of esters is 1. The number of aliphatic hydroxyl groups excluding tert-OH is 1. The number of rotatable bonds is 3. The van der Waals surface area contributed by atoms with E-state index in [1.165, 1.54) is 7.11 Å². The second-order valence-corrected chi connectivity index (χ2v) is 5.00. The summed E-state index contributed by atoms with van der Waals surface area (Å²) in [4.78, 5) is 13.6. The van der Waals surface area contributed by atoms with Crippen molar-refractivity contribution in [3.63, 3.8) is 0 Å². The Balaban J connectivity index is 2.16. The van der Waals surface area contributed by atoms with Gasteiger partial charge in [-0.05, 0) is 31.5 Å². The number of benzene rings is 1. The lowest BCUT2D eigenvalue weighted by atomic mass is 10.0. The van der Waals surface area contributed by atoms with Crippen LogP contribution >= 0.6 is 0 Å². The van der Waals surface area contributed by atoms with E-state index in [4.69, 9.17) is 5.73 Å². The van der Waals surface area contributed by atoms with E-state index in [-0.39, 0.29) is 18.0 Å². The molecule has 1 aliphatic rings. The lowest BCUT2D eigenvalue weighted by molar-refractivity contribution is 0.0601. The fourth-order valence-electron chi connectivity index (χ4n) is 2.49. The van der Waals surface area contributed by atoms with Gasteiger partial charge in [-0.1, -0.05) is 0 Å². The molecule has 0 amide bonds. The highest BCUT2D eigenvalue weighted by Crippen LogP contribution is 2.30. The van der Waals surface area contributed by atoms with Crippen LogP contribution in [0.4, 0.5) is 11.4 Å². The molecule has 0 bridgehead atoms. The van der Waals surface area contributed by atoms with Crippen LogP contribution in [0.3, 0.4) is 0 Å². The molecule has 5 nitrogen and oxygen atoms in total. The molecule has 1 aliphatic heterocycles. The van der Waals surface area contributed by atoms with Crippen LogP contribution < -0.4 is 10.6 Å². The van der Waals surface area contributed by atoms with Crippen LogP contribution in [0.1, 0.15) is 23.7 Å². The zero-order valence-electron chi connectivity index (χ0n) is 11.3. The molecule has 3 N–H and O–H groups in total. The molecule has 1 saturated heterocycles. The quantitative estimate of drug-likeness (QED) is 0.635. The minimum Gasteiger partial charge on any atom is -0.465 e. The van der Waals surface area contributed by atoms with Gasteiger partial charge in [0.2, 0.25) is 0 Å². The first-order valence-electron chi connectivity index (χ1n) is 6.43. The fraction of sp³-hybridized carbons (Fsp3) is 0.500. The van der Waals surface area contributed by atoms with Crippen LogP contribution in [-0.2, 0) is 4.74 Å². The van der Waals surface area contributed by atoms with Crippen LogP contribution in [0.5, 0.6) is 0 Å². The number of aliphatic hydroxyl groups is 1. The summed E-state index contributed by atoms with van der Waals surface area (Å²) in [5, 5.41) is 9.62. The van der Waals surface area contributed by atoms with Crippen molar-refractivity contribution in [3.05, 3.63) is 23.8 Å². The van der Waals surface area contributed by atoms with Crippen molar-refractivity contribution in [3.8, 4) is 0 Å². The molecule has 1 heterocycles. The molecule has 1 aromatic rings. The van der Waals surface area contributed by atoms with Crippen molar-refractivity contribution >= 4 is 17.3 Å². The van der Waals surface area contributed by atoms with Gasteiger partial charge in [0.05, 0.1) is 30.2 Å². The molecule has 0 radical (unpaired) electrons. The molecule has 104 valence electrons. The summed E-state index contributed by atoms with van der Waals surface area (Å²) in [6.45, 7) is 3.48. The van der Waals surface area contributed by atoms with Gasteiger partial charge in [0.25, 0.3) is 0 Å². The molecule has 0 aliphatic carbocycles. The van der Waals surface area contributed by atoms with Crippen LogP contribution in [0.2, 0.25) is 0 Å². The Bertz CT molecular complexity index is 474. The van der Waals surface area contributed by atoms with Crippen molar-refractivity contribution < 1.29 is 14.6 Å². The van der Waals surface area contributed by atoms with E-state index in [1.807, 2.05) is 13.0 Å². The summed E-state index contributed by atoms with van der Waals surface area (Å²) < 4.78 is 4.66. The third-order valence-electron chi connectivity index (χ3n) is 3.70. The van der Waals surface area contributed by atoms with Crippen LogP contribution in [0, 0.1) is 5.92 Å². The van der Waals surface area contributed by atoms with Gasteiger partial charge in [-0.15, -0.1) is 0 Å². The van der Waals surface area contributed by atoms with Crippen molar-refractivity contribution in [2.45, 2.75) is 19.4 Å². The highest BCUT2D eigenvalue weighted by atomic mass is 16.5. The molecule has 2 unspecified atom stereocenters. The second kappa shape index (κ2) is 5.48. The largest absolute Gasteiger partial charge is 0.465 e. The highest BCUT2D eigenvalue weighted by Gasteiger charge is 2.27. The fourth-order valence-corrected chi connectivity index (χ4v) is 2.49. The van der Waals surface area contributed by atoms with E-state index < -0.39 is 0 Å². The number of ether oxygens (including phenoxy) is 1. The molecule has 1 fully saturated rings. The normalized spacial score (nSPS) is 20.4. The summed E-state index contributed by atoms with van der Waals surface area (Å²) >= 11 is 0. The smallest absolute Gasteiger partial charge is 0.337 e. The summed E-state index contributed by atoms with van der Waals surface area (Å²) in [6, 6.07) is 5.19. The Morgan fingerprint density at radius 1 is 1.58 bits per heavy atom. The Morgan fingerprint density at radius 3 is 2.84 bits per heavy atom. The van der Waals surface area contributed by atoms with Gasteiger partial charge in [0.1, 0.15) is 0 Å². The lowest BCUT2D eigenvalue weighted by Crippen LogP contribution is -2.24. The summed E-state index contributed by atoms with van der Waals surface area (Å²) in [5.41, 5.74) is 7.93. The van der Waals surface area contributed by atoms with Crippen molar-refractivity contribution in [1.82, 2.24) is 0 Å². The predicted octanol–water partition coefficient (Wildman–Crippen LogP) is 1.26. The average molecular weight is 264 g/mol. The minimum atomic E-state index is -0.387. The number of hydrogen-bond donors (Lipinski definition) is 2. The first-order valence-corrected chi connectivity index (χ1v) is 6.43. The Morgan fingerprint density at radius 2 is 2.32 bits per heavy atom. The predicted molar refractivity (Wildman–Crippen MR) is 74.2 cm³/mol. The van der Waals surface area contributed by atoms with Gasteiger partial charge in [-0.25, -0.2) is 4.79 Å². The topological polar surface area (TPSA) is 75.8 Å². The number of methoxy groups -OCH3 is 1. The van der Waals surface area contributed by atoms with Crippen molar-refractivity contribution in [2.24, 2.45) is 5.92 Å².